The molecule has 0 bridgehead atoms. The Labute approximate surface area is 148 Å². The van der Waals surface area contributed by atoms with Crippen LogP contribution in [0, 0.1) is 0 Å². The number of carbonyl (C=O) groups excluding carboxylic acids is 2. The summed E-state index contributed by atoms with van der Waals surface area (Å²) in [6.45, 7) is 4.88. The lowest BCUT2D eigenvalue weighted by molar-refractivity contribution is 0.0482. The van der Waals surface area contributed by atoms with Crippen molar-refractivity contribution in [1.29, 1.82) is 0 Å². The fraction of sp³-hybridized carbons (Fsp3) is 0.529. The minimum absolute atomic E-state index is 0.101. The molecule has 1 amide bonds. The highest BCUT2D eigenvalue weighted by atomic mass is 32.2. The van der Waals surface area contributed by atoms with Crippen molar-refractivity contribution in [3.05, 3.63) is 35.9 Å². The van der Waals surface area contributed by atoms with Crippen LogP contribution in [0.15, 0.2) is 30.3 Å². The molecule has 1 aromatic carbocycles. The number of ether oxygens (including phenoxy) is 1. The number of ketones is 1. The van der Waals surface area contributed by atoms with Crippen molar-refractivity contribution in [3.63, 3.8) is 0 Å². The van der Waals surface area contributed by atoms with Crippen LogP contribution in [0.3, 0.4) is 0 Å². The van der Waals surface area contributed by atoms with Gasteiger partial charge in [-0.2, -0.15) is 8.42 Å². The molecule has 0 heterocycles. The Morgan fingerprint density at radius 2 is 1.76 bits per heavy atom. The smallest absolute Gasteiger partial charge is 0.407 e. The predicted molar refractivity (Wildman–Crippen MR) is 94.0 cm³/mol. The van der Waals surface area contributed by atoms with Gasteiger partial charge in [-0.15, -0.1) is 0 Å². The molecule has 1 aromatic rings. The lowest BCUT2D eigenvalue weighted by Crippen LogP contribution is -2.42. The van der Waals surface area contributed by atoms with Gasteiger partial charge < -0.3 is 10.1 Å². The molecule has 0 saturated carbocycles. The number of alkyl carbamates (subject to hydrolysis) is 1. The molecular formula is C17H25NO6S. The molecule has 1 unspecified atom stereocenters. The van der Waals surface area contributed by atoms with E-state index in [2.05, 4.69) is 5.32 Å². The number of hydrogen-bond donors (Lipinski definition) is 1. The minimum Gasteiger partial charge on any atom is -0.444 e. The topological polar surface area (TPSA) is 98.8 Å². The van der Waals surface area contributed by atoms with E-state index in [9.17, 15) is 18.0 Å². The van der Waals surface area contributed by atoms with E-state index in [4.69, 9.17) is 8.92 Å². The lowest BCUT2D eigenvalue weighted by atomic mass is 10.0. The number of carbonyl (C=O) groups is 2. The first-order valence-electron chi connectivity index (χ1n) is 7.88. The maximum Gasteiger partial charge on any atom is 0.407 e. The molecule has 8 heteroatoms. The molecule has 0 aliphatic rings. The van der Waals surface area contributed by atoms with Gasteiger partial charge in [-0.3, -0.25) is 8.98 Å². The molecule has 25 heavy (non-hydrogen) atoms. The van der Waals surface area contributed by atoms with E-state index in [1.807, 2.05) is 6.07 Å². The summed E-state index contributed by atoms with van der Waals surface area (Å²) < 4.78 is 32.3. The lowest BCUT2D eigenvalue weighted by Gasteiger charge is -2.23. The molecule has 0 fully saturated rings. The van der Waals surface area contributed by atoms with Crippen molar-refractivity contribution in [2.75, 3.05) is 12.9 Å². The Bertz CT molecular complexity index is 679. The number of nitrogens with one attached hydrogen (secondary N) is 1. The first kappa shape index (κ1) is 21.1. The quantitative estimate of drug-likeness (QED) is 0.557. The third kappa shape index (κ3) is 9.83. The molecule has 1 rings (SSSR count). The van der Waals surface area contributed by atoms with Gasteiger partial charge >= 0.3 is 6.09 Å². The summed E-state index contributed by atoms with van der Waals surface area (Å²) in [6.07, 6.45) is 0.592. The van der Waals surface area contributed by atoms with E-state index in [0.717, 1.165) is 6.26 Å². The second-order valence-corrected chi connectivity index (χ2v) is 8.30. The van der Waals surface area contributed by atoms with Crippen LogP contribution in [0.2, 0.25) is 0 Å². The van der Waals surface area contributed by atoms with Crippen LogP contribution >= 0.6 is 0 Å². The summed E-state index contributed by atoms with van der Waals surface area (Å²) >= 11 is 0. The highest BCUT2D eigenvalue weighted by Crippen LogP contribution is 2.10. The van der Waals surface area contributed by atoms with E-state index in [1.165, 1.54) is 0 Å². The molecule has 0 saturated heterocycles. The number of Topliss-reactive ketones (excluding diaryl/α,β-unsaturated/α-hetero) is 1. The van der Waals surface area contributed by atoms with Crippen LogP contribution in [-0.2, 0) is 19.0 Å². The molecular weight excluding hydrogens is 346 g/mol. The number of amides is 1. The van der Waals surface area contributed by atoms with Gasteiger partial charge in [-0.25, -0.2) is 4.79 Å². The second-order valence-electron chi connectivity index (χ2n) is 6.66. The summed E-state index contributed by atoms with van der Waals surface area (Å²) in [4.78, 5) is 24.0. The van der Waals surface area contributed by atoms with Gasteiger partial charge in [0, 0.05) is 12.0 Å². The highest BCUT2D eigenvalue weighted by molar-refractivity contribution is 7.85. The predicted octanol–water partition coefficient (Wildman–Crippen LogP) is 2.52. The van der Waals surface area contributed by atoms with E-state index in [-0.39, 0.29) is 25.2 Å². The van der Waals surface area contributed by atoms with E-state index in [1.54, 1.807) is 45.0 Å². The maximum atomic E-state index is 12.2. The third-order valence-corrected chi connectivity index (χ3v) is 3.58. The van der Waals surface area contributed by atoms with Gasteiger partial charge in [0.1, 0.15) is 5.60 Å². The summed E-state index contributed by atoms with van der Waals surface area (Å²) in [5, 5.41) is 2.55. The Kier molecular flexibility index (Phi) is 7.57. The summed E-state index contributed by atoms with van der Waals surface area (Å²) in [6, 6.07) is 8.06. The van der Waals surface area contributed by atoms with Crippen LogP contribution in [0.1, 0.15) is 44.0 Å². The van der Waals surface area contributed by atoms with E-state index >= 15 is 0 Å². The van der Waals surface area contributed by atoms with E-state index in [0.29, 0.717) is 5.56 Å². The van der Waals surface area contributed by atoms with Gasteiger partial charge in [0.15, 0.2) is 5.78 Å². The fourth-order valence-electron chi connectivity index (χ4n) is 1.95. The van der Waals surface area contributed by atoms with Crippen molar-refractivity contribution in [2.45, 2.75) is 45.3 Å². The van der Waals surface area contributed by atoms with Crippen molar-refractivity contribution in [3.8, 4) is 0 Å². The summed E-state index contributed by atoms with van der Waals surface area (Å²) in [5.41, 5.74) is -0.130. The van der Waals surface area contributed by atoms with Crippen molar-refractivity contribution >= 4 is 22.0 Å². The molecule has 0 spiro atoms. The largest absolute Gasteiger partial charge is 0.444 e. The normalized spacial score (nSPS) is 13.1. The van der Waals surface area contributed by atoms with Gasteiger partial charge in [-0.1, -0.05) is 30.3 Å². The molecule has 0 radical (unpaired) electrons. The Hall–Kier alpha value is -1.93. The first-order valence-corrected chi connectivity index (χ1v) is 9.70. The van der Waals surface area contributed by atoms with Crippen LogP contribution in [0.25, 0.3) is 0 Å². The van der Waals surface area contributed by atoms with Gasteiger partial charge in [-0.05, 0) is 27.2 Å². The second kappa shape index (κ2) is 8.96. The Morgan fingerprint density at radius 3 is 2.28 bits per heavy atom. The standard InChI is InChI=1S/C17H25NO6S/c1-17(2,3)24-16(20)18-14(12-23-25(4,21)22)10-11-15(19)13-8-6-5-7-9-13/h5-9,14H,10-12H2,1-4H3,(H,18,20). The average Bonchev–Trinajstić information content (AvgIpc) is 2.48. The van der Waals surface area contributed by atoms with Gasteiger partial charge in [0.05, 0.1) is 18.9 Å². The minimum atomic E-state index is -3.66. The SMILES string of the molecule is CC(C)(C)OC(=O)NC(CCC(=O)c1ccccc1)COS(C)(=O)=O. The molecule has 0 aliphatic heterocycles. The average molecular weight is 371 g/mol. The molecule has 0 aromatic heterocycles. The van der Waals surface area contributed by atoms with Crippen molar-refractivity contribution < 1.29 is 26.9 Å². The molecule has 1 atom stereocenters. The number of hydrogen-bond acceptors (Lipinski definition) is 6. The van der Waals surface area contributed by atoms with Crippen molar-refractivity contribution in [2.24, 2.45) is 0 Å². The fourth-order valence-corrected chi connectivity index (χ4v) is 2.36. The highest BCUT2D eigenvalue weighted by Gasteiger charge is 2.21. The van der Waals surface area contributed by atoms with Crippen LogP contribution in [0.4, 0.5) is 4.79 Å². The Balaban J connectivity index is 2.67. The van der Waals surface area contributed by atoms with Crippen LogP contribution < -0.4 is 5.32 Å². The summed E-state index contributed by atoms with van der Waals surface area (Å²) in [5.74, 6) is -0.101. The van der Waals surface area contributed by atoms with Gasteiger partial charge in [0.2, 0.25) is 0 Å². The zero-order valence-corrected chi connectivity index (χ0v) is 15.8. The number of benzene rings is 1. The van der Waals surface area contributed by atoms with Crippen LogP contribution in [0.5, 0.6) is 0 Å². The molecule has 1 N–H and O–H groups in total. The van der Waals surface area contributed by atoms with Gasteiger partial charge in [0.25, 0.3) is 10.1 Å². The zero-order valence-electron chi connectivity index (χ0n) is 14.9. The summed E-state index contributed by atoms with van der Waals surface area (Å²) in [7, 11) is -3.66. The molecule has 0 aliphatic carbocycles. The number of rotatable bonds is 8. The first-order chi connectivity index (χ1) is 11.5. The van der Waals surface area contributed by atoms with Crippen LogP contribution in [-0.4, -0.2) is 44.8 Å². The molecule has 140 valence electrons. The van der Waals surface area contributed by atoms with E-state index < -0.39 is 27.9 Å². The zero-order chi connectivity index (χ0) is 19.1. The van der Waals surface area contributed by atoms with Crippen molar-refractivity contribution in [1.82, 2.24) is 5.32 Å². The Morgan fingerprint density at radius 1 is 1.16 bits per heavy atom. The monoisotopic (exact) mass is 371 g/mol. The molecule has 7 nitrogen and oxygen atoms in total. The third-order valence-electron chi connectivity index (χ3n) is 3.02. The maximum absolute atomic E-state index is 12.2.